The van der Waals surface area contributed by atoms with Gasteiger partial charge in [0.2, 0.25) is 0 Å². The number of sulfonamides is 1. The van der Waals surface area contributed by atoms with E-state index in [9.17, 15) is 13.2 Å². The van der Waals surface area contributed by atoms with E-state index in [2.05, 4.69) is 42.7 Å². The second-order valence-electron chi connectivity index (χ2n) is 9.25. The molecule has 180 valence electrons. The first-order valence-corrected chi connectivity index (χ1v) is 13.0. The van der Waals surface area contributed by atoms with Crippen molar-refractivity contribution >= 4 is 27.4 Å². The number of aromatic nitrogens is 1. The normalized spacial score (nSPS) is 14.5. The first-order chi connectivity index (χ1) is 15.7. The van der Waals surface area contributed by atoms with Crippen LogP contribution in [0.15, 0.2) is 47.5 Å². The molecule has 0 saturated carbocycles. The van der Waals surface area contributed by atoms with Gasteiger partial charge in [-0.25, -0.2) is 13.4 Å². The third-order valence-electron chi connectivity index (χ3n) is 5.29. The molecule has 0 spiro atoms. The van der Waals surface area contributed by atoms with E-state index in [0.717, 1.165) is 13.1 Å². The van der Waals surface area contributed by atoms with Gasteiger partial charge in [0.1, 0.15) is 0 Å². The van der Waals surface area contributed by atoms with Gasteiger partial charge in [0.25, 0.3) is 15.9 Å². The average molecular weight is 474 g/mol. The fraction of sp³-hybridized carbons (Fsp3) is 0.500. The first-order valence-electron chi connectivity index (χ1n) is 11.5. The predicted molar refractivity (Wildman–Crippen MR) is 132 cm³/mol. The molecule has 33 heavy (non-hydrogen) atoms. The van der Waals surface area contributed by atoms with Crippen molar-refractivity contribution in [2.24, 2.45) is 11.8 Å². The summed E-state index contributed by atoms with van der Waals surface area (Å²) in [5, 5.41) is 3.29. The zero-order chi connectivity index (χ0) is 24.0. The molecule has 1 aromatic heterocycles. The molecule has 0 unspecified atom stereocenters. The molecule has 2 N–H and O–H groups in total. The quantitative estimate of drug-likeness (QED) is 0.581. The summed E-state index contributed by atoms with van der Waals surface area (Å²) in [7, 11) is -3.83. The number of amides is 1. The molecule has 2 heterocycles. The van der Waals surface area contributed by atoms with Crippen LogP contribution in [0.1, 0.15) is 38.1 Å². The molecule has 8 nitrogen and oxygen atoms in total. The SMILES string of the molecule is CC(C)CN(CC(C)C)C(=O)c1cnc(N2CCNCC2)c(NS(=O)(=O)c2ccccc2)c1. The predicted octanol–water partition coefficient (Wildman–Crippen LogP) is 3.05. The van der Waals surface area contributed by atoms with Crippen molar-refractivity contribution < 1.29 is 13.2 Å². The number of anilines is 2. The van der Waals surface area contributed by atoms with Gasteiger partial charge in [-0.1, -0.05) is 45.9 Å². The summed E-state index contributed by atoms with van der Waals surface area (Å²) in [6.45, 7) is 12.5. The van der Waals surface area contributed by atoms with Crippen LogP contribution in [0.3, 0.4) is 0 Å². The minimum atomic E-state index is -3.83. The highest BCUT2D eigenvalue weighted by atomic mass is 32.2. The maximum Gasteiger partial charge on any atom is 0.262 e. The van der Waals surface area contributed by atoms with Crippen LogP contribution in [-0.2, 0) is 10.0 Å². The molecule has 1 aromatic carbocycles. The summed E-state index contributed by atoms with van der Waals surface area (Å²) < 4.78 is 28.8. The number of pyridine rings is 1. The van der Waals surface area contributed by atoms with Crippen molar-refractivity contribution in [2.75, 3.05) is 48.9 Å². The van der Waals surface area contributed by atoms with Gasteiger partial charge in [-0.05, 0) is 30.0 Å². The second-order valence-corrected chi connectivity index (χ2v) is 10.9. The van der Waals surface area contributed by atoms with E-state index < -0.39 is 10.0 Å². The van der Waals surface area contributed by atoms with Crippen LogP contribution < -0.4 is 14.9 Å². The molecule has 0 aliphatic carbocycles. The number of hydrogen-bond acceptors (Lipinski definition) is 6. The highest BCUT2D eigenvalue weighted by Crippen LogP contribution is 2.28. The van der Waals surface area contributed by atoms with Gasteiger partial charge in [-0.2, -0.15) is 0 Å². The van der Waals surface area contributed by atoms with Crippen LogP contribution in [0.25, 0.3) is 0 Å². The molecule has 3 rings (SSSR count). The minimum Gasteiger partial charge on any atom is -0.352 e. The van der Waals surface area contributed by atoms with Crippen LogP contribution in [0.2, 0.25) is 0 Å². The Morgan fingerprint density at radius 1 is 1.09 bits per heavy atom. The molecule has 1 amide bonds. The summed E-state index contributed by atoms with van der Waals surface area (Å²) in [6.07, 6.45) is 1.56. The van der Waals surface area contributed by atoms with Crippen molar-refractivity contribution in [3.05, 3.63) is 48.2 Å². The van der Waals surface area contributed by atoms with Crippen molar-refractivity contribution in [1.82, 2.24) is 15.2 Å². The summed E-state index contributed by atoms with van der Waals surface area (Å²) >= 11 is 0. The summed E-state index contributed by atoms with van der Waals surface area (Å²) in [4.78, 5) is 22.0. The largest absolute Gasteiger partial charge is 0.352 e. The number of benzene rings is 1. The lowest BCUT2D eigenvalue weighted by Crippen LogP contribution is -2.44. The van der Waals surface area contributed by atoms with Crippen LogP contribution in [-0.4, -0.2) is 63.5 Å². The first kappa shape index (κ1) is 25.0. The number of nitrogens with zero attached hydrogens (tertiary/aromatic N) is 3. The Morgan fingerprint density at radius 2 is 1.70 bits per heavy atom. The molecule has 0 atom stereocenters. The van der Waals surface area contributed by atoms with Crippen LogP contribution >= 0.6 is 0 Å². The summed E-state index contributed by atoms with van der Waals surface area (Å²) in [5.74, 6) is 1.03. The Balaban J connectivity index is 1.99. The Morgan fingerprint density at radius 3 is 2.27 bits per heavy atom. The zero-order valence-corrected chi connectivity index (χ0v) is 20.7. The number of carbonyl (C=O) groups is 1. The topological polar surface area (TPSA) is 94.6 Å². The molecule has 0 radical (unpaired) electrons. The van der Waals surface area contributed by atoms with Gasteiger partial charge in [0, 0.05) is 45.5 Å². The average Bonchev–Trinajstić information content (AvgIpc) is 2.78. The molecule has 9 heteroatoms. The number of nitrogens with one attached hydrogen (secondary N) is 2. The van der Waals surface area contributed by atoms with Gasteiger partial charge >= 0.3 is 0 Å². The second kappa shape index (κ2) is 11.0. The van der Waals surface area contributed by atoms with Gasteiger partial charge in [-0.15, -0.1) is 0 Å². The number of rotatable bonds is 9. The van der Waals surface area contributed by atoms with E-state index in [1.54, 1.807) is 42.6 Å². The molecule has 0 bridgehead atoms. The molecule has 1 fully saturated rings. The monoisotopic (exact) mass is 473 g/mol. The third kappa shape index (κ3) is 6.68. The van der Waals surface area contributed by atoms with E-state index in [4.69, 9.17) is 0 Å². The lowest BCUT2D eigenvalue weighted by atomic mass is 10.1. The van der Waals surface area contributed by atoms with Gasteiger partial charge in [-0.3, -0.25) is 9.52 Å². The Bertz CT molecular complexity index is 1030. The van der Waals surface area contributed by atoms with E-state index >= 15 is 0 Å². The minimum absolute atomic E-state index is 0.142. The molecule has 1 saturated heterocycles. The Hall–Kier alpha value is -2.65. The van der Waals surface area contributed by atoms with E-state index in [1.807, 2.05) is 9.80 Å². The molecule has 1 aliphatic heterocycles. The van der Waals surface area contributed by atoms with Gasteiger partial charge < -0.3 is 15.1 Å². The van der Waals surface area contributed by atoms with Crippen molar-refractivity contribution in [3.8, 4) is 0 Å². The smallest absolute Gasteiger partial charge is 0.262 e. The maximum atomic E-state index is 13.4. The van der Waals surface area contributed by atoms with E-state index in [1.165, 1.54) is 0 Å². The third-order valence-corrected chi connectivity index (χ3v) is 6.67. The highest BCUT2D eigenvalue weighted by Gasteiger charge is 2.24. The van der Waals surface area contributed by atoms with E-state index in [0.29, 0.717) is 55.1 Å². The zero-order valence-electron chi connectivity index (χ0n) is 19.9. The number of hydrogen-bond donors (Lipinski definition) is 2. The fourth-order valence-electron chi connectivity index (χ4n) is 3.89. The molecule has 1 aliphatic rings. The Kier molecular flexibility index (Phi) is 8.31. The number of piperazine rings is 1. The van der Waals surface area contributed by atoms with Gasteiger partial charge in [0.05, 0.1) is 16.1 Å². The Labute approximate surface area is 197 Å². The maximum absolute atomic E-state index is 13.4. The lowest BCUT2D eigenvalue weighted by Gasteiger charge is -2.31. The highest BCUT2D eigenvalue weighted by molar-refractivity contribution is 7.92. The summed E-state index contributed by atoms with van der Waals surface area (Å²) in [6, 6.07) is 9.84. The van der Waals surface area contributed by atoms with Crippen LogP contribution in [0.5, 0.6) is 0 Å². The van der Waals surface area contributed by atoms with Gasteiger partial charge in [0.15, 0.2) is 5.82 Å². The molecule has 2 aromatic rings. The standard InChI is InChI=1S/C24H35N5O3S/c1-18(2)16-29(17-19(3)4)24(30)20-14-22(23(26-15-20)28-12-10-25-11-13-28)27-33(31,32)21-8-6-5-7-9-21/h5-9,14-15,18-19,25,27H,10-13,16-17H2,1-4H3. The van der Waals surface area contributed by atoms with Crippen molar-refractivity contribution in [2.45, 2.75) is 32.6 Å². The van der Waals surface area contributed by atoms with Crippen LogP contribution in [0.4, 0.5) is 11.5 Å². The van der Waals surface area contributed by atoms with Crippen molar-refractivity contribution in [1.29, 1.82) is 0 Å². The van der Waals surface area contributed by atoms with Crippen LogP contribution in [0, 0.1) is 11.8 Å². The van der Waals surface area contributed by atoms with E-state index in [-0.39, 0.29) is 10.8 Å². The molecular weight excluding hydrogens is 438 g/mol. The summed E-state index contributed by atoms with van der Waals surface area (Å²) in [5.41, 5.74) is 0.696. The van der Waals surface area contributed by atoms with Crippen molar-refractivity contribution in [3.63, 3.8) is 0 Å². The molecular formula is C24H35N5O3S. The lowest BCUT2D eigenvalue weighted by molar-refractivity contribution is 0.0714. The fourth-order valence-corrected chi connectivity index (χ4v) is 4.96. The number of carbonyl (C=O) groups excluding carboxylic acids is 1.